The molecule has 0 radical (unpaired) electrons. The van der Waals surface area contributed by atoms with E-state index in [-0.39, 0.29) is 24.8 Å². The zero-order valence-corrected chi connectivity index (χ0v) is 12.5. The summed E-state index contributed by atoms with van der Waals surface area (Å²) in [4.78, 5) is 21.9. The number of hydrogen-bond acceptors (Lipinski definition) is 4. The summed E-state index contributed by atoms with van der Waals surface area (Å²) < 4.78 is 24.5. The number of carboxylic acids is 1. The highest BCUT2D eigenvalue weighted by Gasteiger charge is 2.31. The Bertz CT molecular complexity index is 449. The van der Waals surface area contributed by atoms with E-state index in [1.165, 1.54) is 10.6 Å². The molecule has 0 aromatic heterocycles. The van der Waals surface area contributed by atoms with E-state index in [1.807, 2.05) is 0 Å². The van der Waals surface area contributed by atoms with Crippen molar-refractivity contribution in [2.45, 2.75) is 44.6 Å². The van der Waals surface area contributed by atoms with Crippen molar-refractivity contribution < 1.29 is 23.1 Å². The maximum Gasteiger partial charge on any atom is 0.303 e. The van der Waals surface area contributed by atoms with Gasteiger partial charge in [-0.3, -0.25) is 9.59 Å². The summed E-state index contributed by atoms with van der Waals surface area (Å²) in [5.41, 5.74) is 0. The van der Waals surface area contributed by atoms with Gasteiger partial charge in [0.2, 0.25) is 15.9 Å². The van der Waals surface area contributed by atoms with Crippen LogP contribution in [-0.4, -0.2) is 55.1 Å². The smallest absolute Gasteiger partial charge is 0.303 e. The SMILES string of the molecule is CS(=O)(=O)N1CCC[C@@H]1CNC(=O)CCCCC(=O)O. The molecule has 1 amide bonds. The Hall–Kier alpha value is -1.15. The van der Waals surface area contributed by atoms with Crippen molar-refractivity contribution in [3.63, 3.8) is 0 Å². The Balaban J connectivity index is 2.25. The Labute approximate surface area is 119 Å². The second kappa shape index (κ2) is 7.58. The summed E-state index contributed by atoms with van der Waals surface area (Å²) in [6, 6.07) is -0.159. The van der Waals surface area contributed by atoms with E-state index in [2.05, 4.69) is 5.32 Å². The predicted molar refractivity (Wildman–Crippen MR) is 73.7 cm³/mol. The Morgan fingerprint density at radius 3 is 2.55 bits per heavy atom. The van der Waals surface area contributed by atoms with Crippen LogP contribution in [0.4, 0.5) is 0 Å². The lowest BCUT2D eigenvalue weighted by Crippen LogP contribution is -2.42. The second-order valence-electron chi connectivity index (χ2n) is 5.07. The van der Waals surface area contributed by atoms with Crippen LogP contribution in [0.2, 0.25) is 0 Å². The molecule has 8 heteroatoms. The van der Waals surface area contributed by atoms with Crippen LogP contribution >= 0.6 is 0 Å². The van der Waals surface area contributed by atoms with E-state index >= 15 is 0 Å². The largest absolute Gasteiger partial charge is 0.481 e. The average Bonchev–Trinajstić information content (AvgIpc) is 2.80. The normalized spacial score (nSPS) is 19.9. The lowest BCUT2D eigenvalue weighted by Gasteiger charge is -2.22. The minimum Gasteiger partial charge on any atom is -0.481 e. The molecule has 1 fully saturated rings. The number of sulfonamides is 1. The molecule has 0 saturated carbocycles. The molecular weight excluding hydrogens is 284 g/mol. The number of amides is 1. The van der Waals surface area contributed by atoms with E-state index in [1.54, 1.807) is 0 Å². The fraction of sp³-hybridized carbons (Fsp3) is 0.833. The number of nitrogens with zero attached hydrogens (tertiary/aromatic N) is 1. The monoisotopic (exact) mass is 306 g/mol. The molecule has 116 valence electrons. The maximum absolute atomic E-state index is 11.6. The van der Waals surface area contributed by atoms with E-state index in [4.69, 9.17) is 5.11 Å². The van der Waals surface area contributed by atoms with Crippen LogP contribution in [0, 0.1) is 0 Å². The van der Waals surface area contributed by atoms with Gasteiger partial charge >= 0.3 is 5.97 Å². The predicted octanol–water partition coefficient (Wildman–Crippen LogP) is 0.172. The van der Waals surface area contributed by atoms with Crippen molar-refractivity contribution in [2.24, 2.45) is 0 Å². The second-order valence-corrected chi connectivity index (χ2v) is 7.01. The Morgan fingerprint density at radius 1 is 1.30 bits per heavy atom. The average molecular weight is 306 g/mol. The molecule has 1 atom stereocenters. The lowest BCUT2D eigenvalue weighted by molar-refractivity contribution is -0.137. The Morgan fingerprint density at radius 2 is 1.95 bits per heavy atom. The molecule has 2 N–H and O–H groups in total. The first-order valence-electron chi connectivity index (χ1n) is 6.76. The zero-order valence-electron chi connectivity index (χ0n) is 11.7. The number of aliphatic carboxylic acids is 1. The molecule has 0 aromatic carbocycles. The summed E-state index contributed by atoms with van der Waals surface area (Å²) in [6.45, 7) is 0.836. The van der Waals surface area contributed by atoms with Gasteiger partial charge < -0.3 is 10.4 Å². The first-order chi connectivity index (χ1) is 9.30. The molecule has 0 bridgehead atoms. The number of rotatable bonds is 8. The van der Waals surface area contributed by atoms with Crippen LogP contribution in [0.1, 0.15) is 38.5 Å². The quantitative estimate of drug-likeness (QED) is 0.622. The number of carboxylic acid groups (broad SMARTS) is 1. The van der Waals surface area contributed by atoms with Gasteiger partial charge in [0, 0.05) is 32.0 Å². The third kappa shape index (κ3) is 5.87. The fourth-order valence-corrected chi connectivity index (χ4v) is 3.51. The first-order valence-corrected chi connectivity index (χ1v) is 8.61. The van der Waals surface area contributed by atoms with Crippen LogP contribution in [-0.2, 0) is 19.6 Å². The van der Waals surface area contributed by atoms with E-state index in [9.17, 15) is 18.0 Å². The molecule has 0 aromatic rings. The summed E-state index contributed by atoms with van der Waals surface area (Å²) in [5, 5.41) is 11.2. The van der Waals surface area contributed by atoms with Crippen molar-refractivity contribution >= 4 is 21.9 Å². The van der Waals surface area contributed by atoms with Gasteiger partial charge in [-0.15, -0.1) is 0 Å². The summed E-state index contributed by atoms with van der Waals surface area (Å²) in [5.74, 6) is -1.02. The molecule has 1 aliphatic heterocycles. The first kappa shape index (κ1) is 16.9. The summed E-state index contributed by atoms with van der Waals surface area (Å²) in [6.07, 6.45) is 4.09. The minimum atomic E-state index is -3.21. The van der Waals surface area contributed by atoms with Gasteiger partial charge in [0.15, 0.2) is 0 Å². The molecule has 0 unspecified atom stereocenters. The fourth-order valence-electron chi connectivity index (χ4n) is 2.33. The molecule has 7 nitrogen and oxygen atoms in total. The van der Waals surface area contributed by atoms with Gasteiger partial charge in [-0.2, -0.15) is 4.31 Å². The van der Waals surface area contributed by atoms with Crippen LogP contribution < -0.4 is 5.32 Å². The standard InChI is InChI=1S/C12H22N2O5S/c1-20(18,19)14-8-4-5-10(14)9-13-11(15)6-2-3-7-12(16)17/h10H,2-9H2,1H3,(H,13,15)(H,16,17)/t10-/m1/s1. The summed E-state index contributed by atoms with van der Waals surface area (Å²) >= 11 is 0. The van der Waals surface area contributed by atoms with Gasteiger partial charge in [0.1, 0.15) is 0 Å². The van der Waals surface area contributed by atoms with Crippen molar-refractivity contribution in [3.8, 4) is 0 Å². The number of unbranched alkanes of at least 4 members (excludes halogenated alkanes) is 1. The van der Waals surface area contributed by atoms with Gasteiger partial charge in [-0.1, -0.05) is 0 Å². The number of hydrogen-bond donors (Lipinski definition) is 2. The molecule has 20 heavy (non-hydrogen) atoms. The topological polar surface area (TPSA) is 104 Å². The van der Waals surface area contributed by atoms with Crippen LogP contribution in [0.3, 0.4) is 0 Å². The van der Waals surface area contributed by atoms with Crippen LogP contribution in [0.5, 0.6) is 0 Å². The highest BCUT2D eigenvalue weighted by molar-refractivity contribution is 7.88. The molecule has 1 rings (SSSR count). The molecule has 0 aliphatic carbocycles. The zero-order chi connectivity index (χ0) is 15.2. The highest BCUT2D eigenvalue weighted by Crippen LogP contribution is 2.19. The molecular formula is C12H22N2O5S. The van der Waals surface area contributed by atoms with Gasteiger partial charge in [-0.05, 0) is 25.7 Å². The minimum absolute atomic E-state index is 0.0672. The molecule has 1 saturated heterocycles. The van der Waals surface area contributed by atoms with Crippen molar-refractivity contribution in [1.82, 2.24) is 9.62 Å². The maximum atomic E-state index is 11.6. The van der Waals surface area contributed by atoms with Crippen LogP contribution in [0.25, 0.3) is 0 Å². The van der Waals surface area contributed by atoms with Gasteiger partial charge in [-0.25, -0.2) is 8.42 Å². The molecule has 0 spiro atoms. The lowest BCUT2D eigenvalue weighted by atomic mass is 10.2. The number of carbonyl (C=O) groups excluding carboxylic acids is 1. The van der Waals surface area contributed by atoms with Crippen molar-refractivity contribution in [3.05, 3.63) is 0 Å². The van der Waals surface area contributed by atoms with Crippen molar-refractivity contribution in [2.75, 3.05) is 19.3 Å². The van der Waals surface area contributed by atoms with Gasteiger partial charge in [0.25, 0.3) is 0 Å². The molecule has 1 aliphatic rings. The summed E-state index contributed by atoms with van der Waals surface area (Å²) in [7, 11) is -3.21. The third-order valence-corrected chi connectivity index (χ3v) is 4.66. The molecule has 1 heterocycles. The number of nitrogens with one attached hydrogen (secondary N) is 1. The van der Waals surface area contributed by atoms with Crippen molar-refractivity contribution in [1.29, 1.82) is 0 Å². The van der Waals surface area contributed by atoms with Gasteiger partial charge in [0.05, 0.1) is 6.26 Å². The van der Waals surface area contributed by atoms with E-state index < -0.39 is 16.0 Å². The number of carbonyl (C=O) groups is 2. The third-order valence-electron chi connectivity index (χ3n) is 3.33. The van der Waals surface area contributed by atoms with E-state index in [0.29, 0.717) is 25.9 Å². The van der Waals surface area contributed by atoms with Crippen LogP contribution in [0.15, 0.2) is 0 Å². The van der Waals surface area contributed by atoms with E-state index in [0.717, 1.165) is 12.8 Å². The Kier molecular flexibility index (Phi) is 6.41. The highest BCUT2D eigenvalue weighted by atomic mass is 32.2.